The van der Waals surface area contributed by atoms with Crippen LogP contribution in [0, 0.1) is 20.2 Å². The molecule has 2 heterocycles. The number of nitro groups is 2. The van der Waals surface area contributed by atoms with E-state index in [1.807, 2.05) is 0 Å². The first-order valence-electron chi connectivity index (χ1n) is 8.16. The summed E-state index contributed by atoms with van der Waals surface area (Å²) in [6.45, 7) is 0.977. The summed E-state index contributed by atoms with van der Waals surface area (Å²) in [6.07, 6.45) is 4.20. The predicted molar refractivity (Wildman–Crippen MR) is 93.1 cm³/mol. The molecule has 138 valence electrons. The fourth-order valence-corrected chi connectivity index (χ4v) is 3.44. The van der Waals surface area contributed by atoms with Crippen LogP contribution in [-0.2, 0) is 0 Å². The monoisotopic (exact) mass is 362 g/mol. The van der Waals surface area contributed by atoms with Crippen LogP contribution in [-0.4, -0.2) is 33.1 Å². The van der Waals surface area contributed by atoms with E-state index in [1.165, 1.54) is 12.1 Å². The van der Waals surface area contributed by atoms with E-state index in [4.69, 9.17) is 0 Å². The molecule has 1 aromatic rings. The van der Waals surface area contributed by atoms with Crippen molar-refractivity contribution in [2.24, 2.45) is 0 Å². The van der Waals surface area contributed by atoms with Gasteiger partial charge in [-0.3, -0.25) is 20.2 Å². The molecule has 2 saturated heterocycles. The third-order valence-electron chi connectivity index (χ3n) is 4.48. The number of rotatable bonds is 4. The van der Waals surface area contributed by atoms with Crippen LogP contribution in [0.2, 0.25) is 0 Å². The van der Waals surface area contributed by atoms with Gasteiger partial charge >= 0.3 is 0 Å². The summed E-state index contributed by atoms with van der Waals surface area (Å²) >= 11 is 0. The van der Waals surface area contributed by atoms with Gasteiger partial charge in [-0.2, -0.15) is 0 Å². The van der Waals surface area contributed by atoms with E-state index in [2.05, 4.69) is 0 Å². The Hall–Kier alpha value is -3.30. The van der Waals surface area contributed by atoms with E-state index in [0.29, 0.717) is 50.2 Å². The van der Waals surface area contributed by atoms with Gasteiger partial charge in [0.25, 0.3) is 12.4 Å². The molecular weight excluding hydrogens is 344 g/mol. The van der Waals surface area contributed by atoms with Crippen molar-refractivity contribution in [2.45, 2.75) is 25.7 Å². The minimum atomic E-state index is -0.544. The van der Waals surface area contributed by atoms with E-state index in [9.17, 15) is 30.4 Å². The number of hydrogen-bond donors (Lipinski definition) is 2. The fraction of sp³-hybridized carbons (Fsp3) is 0.375. The third-order valence-corrected chi connectivity index (χ3v) is 4.48. The van der Waals surface area contributed by atoms with Crippen LogP contribution in [0.1, 0.15) is 25.7 Å². The Bertz CT molecular complexity index is 751. The molecule has 0 unspecified atom stereocenters. The number of hydrogen-bond acceptors (Lipinski definition) is 8. The van der Waals surface area contributed by atoms with Crippen molar-refractivity contribution in [3.8, 4) is 11.5 Å². The van der Waals surface area contributed by atoms with Gasteiger partial charge in [-0.15, -0.1) is 0 Å². The lowest BCUT2D eigenvalue weighted by Crippen LogP contribution is -2.19. The van der Waals surface area contributed by atoms with E-state index >= 15 is 0 Å². The second-order valence-corrected chi connectivity index (χ2v) is 6.15. The molecule has 2 N–H and O–H groups in total. The lowest BCUT2D eigenvalue weighted by atomic mass is 10.2. The number of phenolic OH excluding ortho intramolecular Hbond substituents is 2. The average Bonchev–Trinajstić information content (AvgIpc) is 3.17. The maximum absolute atomic E-state index is 10.8. The number of nitrogens with zero attached hydrogens (tertiary/aromatic N) is 4. The summed E-state index contributed by atoms with van der Waals surface area (Å²) in [5.74, 6) is -0.303. The summed E-state index contributed by atoms with van der Waals surface area (Å²) < 4.78 is 0. The van der Waals surface area contributed by atoms with Crippen LogP contribution in [0.25, 0.3) is 0 Å². The first-order chi connectivity index (χ1) is 12.4. The van der Waals surface area contributed by atoms with Crippen LogP contribution in [0.4, 0.5) is 11.4 Å². The lowest BCUT2D eigenvalue weighted by Gasteiger charge is -2.24. The molecule has 3 rings (SSSR count). The molecule has 10 nitrogen and oxygen atoms in total. The molecule has 0 aromatic heterocycles. The summed E-state index contributed by atoms with van der Waals surface area (Å²) in [5.41, 5.74) is 1.45. The SMILES string of the molecule is O=[N+]([O-])C=C1CCCN1c1cc(O)c(N2CCCC2=C[N+](=O)[O-])cc1O. The van der Waals surface area contributed by atoms with Crippen molar-refractivity contribution >= 4 is 11.4 Å². The fourth-order valence-electron chi connectivity index (χ4n) is 3.44. The summed E-state index contributed by atoms with van der Waals surface area (Å²) in [5, 5.41) is 42.4. The van der Waals surface area contributed by atoms with Gasteiger partial charge in [0, 0.05) is 25.2 Å². The van der Waals surface area contributed by atoms with Gasteiger partial charge in [0.2, 0.25) is 0 Å². The molecule has 0 atom stereocenters. The minimum Gasteiger partial charge on any atom is -0.506 e. The van der Waals surface area contributed by atoms with Gasteiger partial charge in [-0.1, -0.05) is 0 Å². The zero-order chi connectivity index (χ0) is 18.8. The summed E-state index contributed by atoms with van der Waals surface area (Å²) in [6, 6.07) is 2.68. The van der Waals surface area contributed by atoms with E-state index in [1.54, 1.807) is 9.80 Å². The van der Waals surface area contributed by atoms with Crippen LogP contribution >= 0.6 is 0 Å². The van der Waals surface area contributed by atoms with Crippen molar-refractivity contribution in [1.29, 1.82) is 0 Å². The van der Waals surface area contributed by atoms with Gasteiger partial charge in [0.1, 0.15) is 11.5 Å². The third kappa shape index (κ3) is 3.39. The van der Waals surface area contributed by atoms with Crippen LogP contribution in [0.5, 0.6) is 11.5 Å². The van der Waals surface area contributed by atoms with Crippen molar-refractivity contribution in [1.82, 2.24) is 0 Å². The smallest absolute Gasteiger partial charge is 0.253 e. The molecule has 10 heteroatoms. The van der Waals surface area contributed by atoms with Gasteiger partial charge < -0.3 is 20.0 Å². The molecular formula is C16H18N4O6. The number of allylic oxidation sites excluding steroid dienone is 2. The number of aromatic hydroxyl groups is 2. The zero-order valence-electron chi connectivity index (χ0n) is 13.9. The molecule has 2 fully saturated rings. The van der Waals surface area contributed by atoms with Crippen LogP contribution in [0.15, 0.2) is 35.9 Å². The predicted octanol–water partition coefficient (Wildman–Crippen LogP) is 2.53. The Balaban J connectivity index is 1.97. The highest BCUT2D eigenvalue weighted by Gasteiger charge is 2.28. The topological polar surface area (TPSA) is 133 Å². The Morgan fingerprint density at radius 2 is 1.23 bits per heavy atom. The molecule has 0 saturated carbocycles. The molecule has 0 spiro atoms. The van der Waals surface area contributed by atoms with Gasteiger partial charge in [-0.25, -0.2) is 0 Å². The molecule has 1 aromatic carbocycles. The maximum Gasteiger partial charge on any atom is 0.253 e. The molecule has 0 bridgehead atoms. The van der Waals surface area contributed by atoms with Gasteiger partial charge in [0.15, 0.2) is 0 Å². The highest BCUT2D eigenvalue weighted by atomic mass is 16.6. The zero-order valence-corrected chi connectivity index (χ0v) is 13.9. The van der Waals surface area contributed by atoms with Crippen LogP contribution in [0.3, 0.4) is 0 Å². The quantitative estimate of drug-likeness (QED) is 0.474. The average molecular weight is 362 g/mol. The largest absolute Gasteiger partial charge is 0.506 e. The Labute approximate surface area is 148 Å². The van der Waals surface area contributed by atoms with E-state index in [-0.39, 0.29) is 22.9 Å². The maximum atomic E-state index is 10.8. The van der Waals surface area contributed by atoms with Crippen molar-refractivity contribution in [3.05, 3.63) is 56.2 Å². The van der Waals surface area contributed by atoms with E-state index < -0.39 is 9.85 Å². The molecule has 2 aliphatic heterocycles. The molecule has 26 heavy (non-hydrogen) atoms. The van der Waals surface area contributed by atoms with Crippen molar-refractivity contribution < 1.29 is 20.1 Å². The second kappa shape index (κ2) is 6.90. The lowest BCUT2D eigenvalue weighted by molar-refractivity contribution is -0.403. The number of anilines is 2. The van der Waals surface area contributed by atoms with Crippen molar-refractivity contribution in [2.75, 3.05) is 22.9 Å². The minimum absolute atomic E-state index is 0.152. The summed E-state index contributed by atoms with van der Waals surface area (Å²) in [7, 11) is 0. The Kier molecular flexibility index (Phi) is 4.65. The molecule has 0 amide bonds. The van der Waals surface area contributed by atoms with Gasteiger partial charge in [0.05, 0.1) is 32.6 Å². The highest BCUT2D eigenvalue weighted by Crippen LogP contribution is 2.44. The summed E-state index contributed by atoms with van der Waals surface area (Å²) in [4.78, 5) is 23.6. The standard InChI is InChI=1S/C16H18N4O6/c21-15-8-14(18-6-2-4-12(18)10-20(25)26)16(22)7-13(15)17-5-1-3-11(17)9-19(23)24/h7-10,21-22H,1-6H2. The Morgan fingerprint density at radius 1 is 0.846 bits per heavy atom. The molecule has 0 aliphatic carbocycles. The highest BCUT2D eigenvalue weighted by molar-refractivity contribution is 5.75. The number of phenols is 2. The van der Waals surface area contributed by atoms with E-state index in [0.717, 1.165) is 12.4 Å². The first-order valence-corrected chi connectivity index (χ1v) is 8.16. The Morgan fingerprint density at radius 3 is 1.58 bits per heavy atom. The molecule has 2 aliphatic rings. The number of benzene rings is 1. The van der Waals surface area contributed by atoms with Gasteiger partial charge in [-0.05, 0) is 25.7 Å². The normalized spacial score (nSPS) is 20.3. The molecule has 0 radical (unpaired) electrons. The van der Waals surface area contributed by atoms with Crippen molar-refractivity contribution in [3.63, 3.8) is 0 Å². The van der Waals surface area contributed by atoms with Crippen LogP contribution < -0.4 is 9.80 Å². The first kappa shape index (κ1) is 17.5. The second-order valence-electron chi connectivity index (χ2n) is 6.15.